The lowest BCUT2D eigenvalue weighted by Crippen LogP contribution is -2.46. The number of ether oxygens (including phenoxy) is 1. The second-order valence-electron chi connectivity index (χ2n) is 8.15. The van der Waals surface area contributed by atoms with Gasteiger partial charge in [0.05, 0.1) is 12.2 Å². The highest BCUT2D eigenvalue weighted by Gasteiger charge is 2.25. The molecule has 4 aromatic rings. The Morgan fingerprint density at radius 1 is 0.970 bits per heavy atom. The molecule has 1 saturated heterocycles. The number of pyridine rings is 1. The highest BCUT2D eigenvalue weighted by atomic mass is 32.1. The maximum atomic E-state index is 5.91. The zero-order valence-electron chi connectivity index (χ0n) is 18.5. The summed E-state index contributed by atoms with van der Waals surface area (Å²) >= 11 is 5.41. The molecule has 4 heterocycles. The number of aromatic nitrogens is 4. The molecule has 1 fully saturated rings. The first-order chi connectivity index (χ1) is 16.0. The predicted octanol–water partition coefficient (Wildman–Crippen LogP) is 4.21. The van der Waals surface area contributed by atoms with Gasteiger partial charge in [-0.25, -0.2) is 9.50 Å². The third-order valence-corrected chi connectivity index (χ3v) is 5.63. The third kappa shape index (κ3) is 4.79. The number of hydrogen-bond donors (Lipinski definition) is 2. The molecule has 2 atom stereocenters. The molecule has 0 amide bonds. The van der Waals surface area contributed by atoms with Gasteiger partial charge in [0.25, 0.3) is 0 Å². The van der Waals surface area contributed by atoms with Crippen LogP contribution in [0, 0.1) is 0 Å². The molecule has 3 aromatic heterocycles. The zero-order valence-corrected chi connectivity index (χ0v) is 19.3. The van der Waals surface area contributed by atoms with Crippen molar-refractivity contribution in [1.29, 1.82) is 0 Å². The lowest BCUT2D eigenvalue weighted by Gasteiger charge is -2.36. The largest absolute Gasteiger partial charge is 0.372 e. The Morgan fingerprint density at radius 2 is 1.64 bits per heavy atom. The van der Waals surface area contributed by atoms with Crippen molar-refractivity contribution in [3.05, 3.63) is 67.1 Å². The molecule has 1 aliphatic heterocycles. The van der Waals surface area contributed by atoms with E-state index >= 15 is 0 Å². The Labute approximate surface area is 197 Å². The SMILES string of the molecule is C[C@@H]1CN(c2nc(-c3ccc(NC(=S)Nc4ccncc4)cc3)nn3cccc23)C[C@H](C)O1. The summed E-state index contributed by atoms with van der Waals surface area (Å²) in [6.45, 7) is 5.79. The molecular weight excluding hydrogens is 434 g/mol. The quantitative estimate of drug-likeness (QED) is 0.439. The van der Waals surface area contributed by atoms with E-state index in [1.807, 2.05) is 59.2 Å². The van der Waals surface area contributed by atoms with E-state index in [1.165, 1.54) is 0 Å². The van der Waals surface area contributed by atoms with Crippen molar-refractivity contribution >= 4 is 40.0 Å². The van der Waals surface area contributed by atoms with Crippen molar-refractivity contribution < 1.29 is 4.74 Å². The summed E-state index contributed by atoms with van der Waals surface area (Å²) in [4.78, 5) is 11.3. The first-order valence-electron chi connectivity index (χ1n) is 10.9. The maximum absolute atomic E-state index is 5.91. The van der Waals surface area contributed by atoms with Crippen LogP contribution in [0.5, 0.6) is 0 Å². The average Bonchev–Trinajstić information content (AvgIpc) is 3.28. The number of hydrogen-bond acceptors (Lipinski definition) is 6. The summed E-state index contributed by atoms with van der Waals surface area (Å²) in [5, 5.41) is 11.6. The maximum Gasteiger partial charge on any atom is 0.182 e. The van der Waals surface area contributed by atoms with Gasteiger partial charge in [-0.1, -0.05) is 0 Å². The van der Waals surface area contributed by atoms with Gasteiger partial charge in [0.2, 0.25) is 0 Å². The molecule has 168 valence electrons. The summed E-state index contributed by atoms with van der Waals surface area (Å²) in [5.74, 6) is 1.60. The van der Waals surface area contributed by atoms with Gasteiger partial charge in [-0.2, -0.15) is 0 Å². The molecule has 8 nitrogen and oxygen atoms in total. The fourth-order valence-electron chi connectivity index (χ4n) is 4.06. The average molecular weight is 460 g/mol. The highest BCUT2D eigenvalue weighted by molar-refractivity contribution is 7.80. The summed E-state index contributed by atoms with van der Waals surface area (Å²) in [7, 11) is 0. The van der Waals surface area contributed by atoms with E-state index in [9.17, 15) is 0 Å². The highest BCUT2D eigenvalue weighted by Crippen LogP contribution is 2.27. The normalized spacial score (nSPS) is 18.3. The second kappa shape index (κ2) is 9.13. The minimum atomic E-state index is 0.150. The van der Waals surface area contributed by atoms with Crippen molar-refractivity contribution in [2.75, 3.05) is 28.6 Å². The number of rotatable bonds is 4. The van der Waals surface area contributed by atoms with Gasteiger partial charge < -0.3 is 20.3 Å². The van der Waals surface area contributed by atoms with E-state index in [1.54, 1.807) is 12.4 Å². The Balaban J connectivity index is 1.37. The van der Waals surface area contributed by atoms with Crippen LogP contribution in [-0.2, 0) is 4.74 Å². The van der Waals surface area contributed by atoms with Gasteiger partial charge in [-0.15, -0.1) is 5.10 Å². The molecule has 1 aromatic carbocycles. The minimum Gasteiger partial charge on any atom is -0.372 e. The van der Waals surface area contributed by atoms with Crippen LogP contribution in [0.3, 0.4) is 0 Å². The van der Waals surface area contributed by atoms with Crippen LogP contribution in [0.15, 0.2) is 67.1 Å². The van der Waals surface area contributed by atoms with Gasteiger partial charge in [-0.3, -0.25) is 4.98 Å². The van der Waals surface area contributed by atoms with Crippen LogP contribution in [0.4, 0.5) is 17.2 Å². The molecule has 33 heavy (non-hydrogen) atoms. The van der Waals surface area contributed by atoms with Crippen molar-refractivity contribution in [2.24, 2.45) is 0 Å². The van der Waals surface area contributed by atoms with Gasteiger partial charge >= 0.3 is 0 Å². The topological polar surface area (TPSA) is 79.6 Å². The third-order valence-electron chi connectivity index (χ3n) is 5.43. The lowest BCUT2D eigenvalue weighted by atomic mass is 10.2. The van der Waals surface area contributed by atoms with Crippen LogP contribution in [0.25, 0.3) is 16.9 Å². The van der Waals surface area contributed by atoms with Crippen molar-refractivity contribution in [1.82, 2.24) is 19.6 Å². The summed E-state index contributed by atoms with van der Waals surface area (Å²) in [6, 6.07) is 15.7. The molecule has 1 aliphatic rings. The van der Waals surface area contributed by atoms with Crippen molar-refractivity contribution in [3.8, 4) is 11.4 Å². The summed E-state index contributed by atoms with van der Waals surface area (Å²) in [5.41, 5.74) is 3.68. The number of thiocarbonyl (C=S) groups is 1. The number of nitrogens with zero attached hydrogens (tertiary/aromatic N) is 5. The van der Waals surface area contributed by atoms with Crippen LogP contribution < -0.4 is 15.5 Å². The second-order valence-corrected chi connectivity index (χ2v) is 8.56. The van der Waals surface area contributed by atoms with E-state index in [0.717, 1.165) is 41.4 Å². The summed E-state index contributed by atoms with van der Waals surface area (Å²) < 4.78 is 7.80. The van der Waals surface area contributed by atoms with Crippen LogP contribution in [0.2, 0.25) is 0 Å². The summed E-state index contributed by atoms with van der Waals surface area (Å²) in [6.07, 6.45) is 5.69. The predicted molar refractivity (Wildman–Crippen MR) is 135 cm³/mol. The number of fused-ring (bicyclic) bond motifs is 1. The minimum absolute atomic E-state index is 0.150. The Kier molecular flexibility index (Phi) is 5.89. The van der Waals surface area contributed by atoms with Gasteiger partial charge in [0, 0.05) is 48.6 Å². The molecule has 0 aliphatic carbocycles. The first kappa shape index (κ1) is 21.3. The fraction of sp³-hybridized carbons (Fsp3) is 0.250. The molecule has 0 saturated carbocycles. The van der Waals surface area contributed by atoms with Crippen molar-refractivity contribution in [2.45, 2.75) is 26.1 Å². The van der Waals surface area contributed by atoms with Crippen molar-refractivity contribution in [3.63, 3.8) is 0 Å². The molecule has 0 unspecified atom stereocenters. The van der Waals surface area contributed by atoms with E-state index in [-0.39, 0.29) is 12.2 Å². The Morgan fingerprint density at radius 3 is 2.33 bits per heavy atom. The number of morpholine rings is 1. The fourth-order valence-corrected chi connectivity index (χ4v) is 4.29. The van der Waals surface area contributed by atoms with E-state index in [2.05, 4.69) is 34.4 Å². The van der Waals surface area contributed by atoms with Crippen LogP contribution in [0.1, 0.15) is 13.8 Å². The standard InChI is InChI=1S/C24H25N7OS/c1-16-14-30(15-17(2)32-16)23-21-4-3-13-31(21)29-22(28-23)18-5-7-19(8-6-18)26-24(33)27-20-9-11-25-12-10-20/h3-13,16-17H,14-15H2,1-2H3,(H2,25,26,27,33)/t16-,17+. The molecule has 2 N–H and O–H groups in total. The molecule has 5 rings (SSSR count). The molecule has 0 spiro atoms. The van der Waals surface area contributed by atoms with Gasteiger partial charge in [0.15, 0.2) is 16.8 Å². The smallest absolute Gasteiger partial charge is 0.182 e. The molecule has 0 radical (unpaired) electrons. The Bertz CT molecular complexity index is 1250. The first-order valence-corrected chi connectivity index (χ1v) is 11.3. The zero-order chi connectivity index (χ0) is 22.8. The van der Waals surface area contributed by atoms with Crippen LogP contribution in [-0.4, -0.2) is 50.0 Å². The van der Waals surface area contributed by atoms with Gasteiger partial charge in [-0.05, 0) is 74.6 Å². The van der Waals surface area contributed by atoms with E-state index < -0.39 is 0 Å². The molecule has 0 bridgehead atoms. The molecular formula is C24H25N7OS. The molecule has 9 heteroatoms. The Hall–Kier alpha value is -3.56. The monoisotopic (exact) mass is 459 g/mol. The van der Waals surface area contributed by atoms with Crippen LogP contribution >= 0.6 is 12.2 Å². The lowest BCUT2D eigenvalue weighted by molar-refractivity contribution is -0.00539. The van der Waals surface area contributed by atoms with E-state index in [4.69, 9.17) is 27.0 Å². The number of anilines is 3. The van der Waals surface area contributed by atoms with Gasteiger partial charge in [0.1, 0.15) is 5.52 Å². The number of benzene rings is 1. The number of nitrogens with one attached hydrogen (secondary N) is 2. The van der Waals surface area contributed by atoms with E-state index in [0.29, 0.717) is 10.9 Å².